The van der Waals surface area contributed by atoms with Crippen molar-refractivity contribution in [3.63, 3.8) is 0 Å². The first kappa shape index (κ1) is 23.2. The van der Waals surface area contributed by atoms with Crippen LogP contribution in [0.5, 0.6) is 0 Å². The first-order chi connectivity index (χ1) is 17.3. The predicted molar refractivity (Wildman–Crippen MR) is 128 cm³/mol. The number of esters is 1. The summed E-state index contributed by atoms with van der Waals surface area (Å²) in [7, 11) is 0. The van der Waals surface area contributed by atoms with Crippen molar-refractivity contribution in [2.75, 3.05) is 13.2 Å². The van der Waals surface area contributed by atoms with Gasteiger partial charge in [-0.25, -0.2) is 14.4 Å². The molecule has 0 saturated carbocycles. The van der Waals surface area contributed by atoms with Crippen LogP contribution in [0.25, 0.3) is 10.8 Å². The molecule has 0 radical (unpaired) electrons. The van der Waals surface area contributed by atoms with Gasteiger partial charge in [-0.3, -0.25) is 9.69 Å². The van der Waals surface area contributed by atoms with Crippen LogP contribution in [0.1, 0.15) is 31.2 Å². The number of hydrogen-bond acceptors (Lipinski definition) is 6. The van der Waals surface area contributed by atoms with Crippen molar-refractivity contribution in [3.05, 3.63) is 83.5 Å². The number of rotatable bonds is 6. The molecule has 0 unspecified atom stereocenters. The summed E-state index contributed by atoms with van der Waals surface area (Å²) >= 11 is 0. The number of ether oxygens (including phenoxy) is 1. The summed E-state index contributed by atoms with van der Waals surface area (Å²) in [4.78, 5) is 53.2. The zero-order valence-corrected chi connectivity index (χ0v) is 19.7. The van der Waals surface area contributed by atoms with Gasteiger partial charge >= 0.3 is 18.0 Å². The van der Waals surface area contributed by atoms with E-state index < -0.39 is 35.5 Å². The van der Waals surface area contributed by atoms with Crippen molar-refractivity contribution in [2.45, 2.75) is 25.4 Å². The number of benzene rings is 2. The van der Waals surface area contributed by atoms with E-state index in [1.54, 1.807) is 32.0 Å². The fraction of sp³-hybridized carbons (Fsp3) is 0.231. The summed E-state index contributed by atoms with van der Waals surface area (Å²) in [6.45, 7) is 3.05. The minimum Gasteiger partial charge on any atom is -0.467 e. The van der Waals surface area contributed by atoms with Crippen molar-refractivity contribution >= 4 is 34.7 Å². The van der Waals surface area contributed by atoms with E-state index in [9.17, 15) is 19.2 Å². The molecule has 5 amide bonds. The van der Waals surface area contributed by atoms with Crippen LogP contribution in [0.2, 0.25) is 0 Å². The Hall–Kier alpha value is -4.60. The van der Waals surface area contributed by atoms with Crippen molar-refractivity contribution < 1.29 is 28.3 Å². The Kier molecular flexibility index (Phi) is 5.71. The number of hydrogen-bond donors (Lipinski definition) is 3. The number of fused-ring (bicyclic) bond motifs is 1. The maximum absolute atomic E-state index is 13.7. The lowest BCUT2D eigenvalue weighted by Gasteiger charge is -2.29. The molecule has 10 heteroatoms. The molecule has 3 aromatic rings. The Bertz CT molecular complexity index is 1410. The SMILES string of the molecule is CCOC(=O)C1=C(CN2C(=O)N[C@](C)(c3cccc4ccccc34)C2=O)NC(=O)N[C@@H]1c1ccco1. The van der Waals surface area contributed by atoms with E-state index in [2.05, 4.69) is 16.0 Å². The van der Waals surface area contributed by atoms with Crippen molar-refractivity contribution in [1.29, 1.82) is 0 Å². The summed E-state index contributed by atoms with van der Waals surface area (Å²) in [6.07, 6.45) is 1.42. The molecule has 1 aromatic heterocycles. The normalized spacial score (nSPS) is 21.9. The summed E-state index contributed by atoms with van der Waals surface area (Å²) in [5.74, 6) is -0.907. The first-order valence-corrected chi connectivity index (χ1v) is 11.5. The molecule has 1 saturated heterocycles. The topological polar surface area (TPSA) is 130 Å². The minimum absolute atomic E-state index is 0.0470. The molecule has 2 aliphatic heterocycles. The second kappa shape index (κ2) is 8.88. The van der Waals surface area contributed by atoms with Gasteiger partial charge in [0.25, 0.3) is 5.91 Å². The maximum atomic E-state index is 13.7. The monoisotopic (exact) mass is 488 g/mol. The highest BCUT2D eigenvalue weighted by molar-refractivity contribution is 6.09. The molecule has 184 valence electrons. The number of nitrogens with zero attached hydrogens (tertiary/aromatic N) is 1. The van der Waals surface area contributed by atoms with Crippen LogP contribution >= 0.6 is 0 Å². The van der Waals surface area contributed by atoms with E-state index in [1.807, 2.05) is 36.4 Å². The van der Waals surface area contributed by atoms with E-state index in [1.165, 1.54) is 6.26 Å². The number of carbonyl (C=O) groups excluding carboxylic acids is 4. The predicted octanol–water partition coefficient (Wildman–Crippen LogP) is 3.07. The van der Waals surface area contributed by atoms with Gasteiger partial charge in [0.2, 0.25) is 0 Å². The molecule has 5 rings (SSSR count). The van der Waals surface area contributed by atoms with Crippen LogP contribution in [-0.2, 0) is 19.9 Å². The smallest absolute Gasteiger partial charge is 0.338 e. The molecule has 2 atom stereocenters. The summed E-state index contributed by atoms with van der Waals surface area (Å²) < 4.78 is 10.6. The highest BCUT2D eigenvalue weighted by atomic mass is 16.5. The van der Waals surface area contributed by atoms with Crippen molar-refractivity contribution in [2.24, 2.45) is 0 Å². The molecule has 2 aromatic carbocycles. The van der Waals surface area contributed by atoms with Gasteiger partial charge in [0.05, 0.1) is 30.7 Å². The van der Waals surface area contributed by atoms with E-state index in [0.717, 1.165) is 15.7 Å². The van der Waals surface area contributed by atoms with Gasteiger partial charge in [-0.1, -0.05) is 42.5 Å². The Morgan fingerprint density at radius 3 is 2.61 bits per heavy atom. The summed E-state index contributed by atoms with van der Waals surface area (Å²) in [6, 6.07) is 14.2. The van der Waals surface area contributed by atoms with Gasteiger partial charge in [-0.2, -0.15) is 0 Å². The minimum atomic E-state index is -1.35. The van der Waals surface area contributed by atoms with E-state index >= 15 is 0 Å². The molecule has 0 bridgehead atoms. The van der Waals surface area contributed by atoms with Crippen LogP contribution in [-0.4, -0.2) is 42.0 Å². The Balaban J connectivity index is 1.54. The van der Waals surface area contributed by atoms with Gasteiger partial charge < -0.3 is 25.1 Å². The number of furan rings is 1. The largest absolute Gasteiger partial charge is 0.467 e. The maximum Gasteiger partial charge on any atom is 0.338 e. The Labute approximate surface area is 206 Å². The molecular weight excluding hydrogens is 464 g/mol. The highest BCUT2D eigenvalue weighted by Crippen LogP contribution is 2.35. The third kappa shape index (κ3) is 3.76. The average Bonchev–Trinajstić information content (AvgIpc) is 3.47. The molecule has 3 N–H and O–H groups in total. The van der Waals surface area contributed by atoms with Crippen LogP contribution in [0.4, 0.5) is 9.59 Å². The summed E-state index contributed by atoms with van der Waals surface area (Å²) in [5.41, 5.74) is -0.584. The molecule has 1 fully saturated rings. The van der Waals surface area contributed by atoms with Gasteiger partial charge in [0.1, 0.15) is 17.3 Å². The Morgan fingerprint density at radius 1 is 1.08 bits per heavy atom. The fourth-order valence-electron chi connectivity index (χ4n) is 4.70. The molecular formula is C26H24N4O6. The third-order valence-corrected chi connectivity index (χ3v) is 6.40. The quantitative estimate of drug-likeness (QED) is 0.361. The molecule has 3 heterocycles. The lowest BCUT2D eigenvalue weighted by molar-refractivity contribution is -0.139. The van der Waals surface area contributed by atoms with Gasteiger partial charge in [0.15, 0.2) is 0 Å². The van der Waals surface area contributed by atoms with Crippen molar-refractivity contribution in [3.8, 4) is 0 Å². The standard InChI is InChI=1S/C26H24N4O6/c1-3-35-22(31)20-18(27-24(33)28-21(20)19-12-7-13-36-19)14-30-23(32)26(2,29-25(30)34)17-11-6-9-15-8-4-5-10-16(15)17/h4-13,21H,3,14H2,1-2H3,(H,29,34)(H2,27,28,33)/t21-,26-/m1/s1. The molecule has 0 spiro atoms. The third-order valence-electron chi connectivity index (χ3n) is 6.40. The number of urea groups is 2. The van der Waals surface area contributed by atoms with E-state index in [-0.39, 0.29) is 24.4 Å². The number of carbonyl (C=O) groups is 4. The number of imide groups is 1. The van der Waals surface area contributed by atoms with Crippen LogP contribution in [0.15, 0.2) is 76.5 Å². The van der Waals surface area contributed by atoms with E-state index in [4.69, 9.17) is 9.15 Å². The van der Waals surface area contributed by atoms with Gasteiger partial charge in [-0.15, -0.1) is 0 Å². The highest BCUT2D eigenvalue weighted by Gasteiger charge is 2.50. The fourth-order valence-corrected chi connectivity index (χ4v) is 4.70. The molecule has 36 heavy (non-hydrogen) atoms. The second-order valence-corrected chi connectivity index (χ2v) is 8.63. The number of nitrogens with one attached hydrogen (secondary N) is 3. The van der Waals surface area contributed by atoms with Gasteiger partial charge in [0, 0.05) is 0 Å². The summed E-state index contributed by atoms with van der Waals surface area (Å²) in [5, 5.41) is 9.77. The lowest BCUT2D eigenvalue weighted by atomic mass is 9.87. The number of amides is 5. The second-order valence-electron chi connectivity index (χ2n) is 8.63. The molecule has 10 nitrogen and oxygen atoms in total. The first-order valence-electron chi connectivity index (χ1n) is 11.5. The van der Waals surface area contributed by atoms with Crippen LogP contribution < -0.4 is 16.0 Å². The van der Waals surface area contributed by atoms with Crippen LogP contribution in [0.3, 0.4) is 0 Å². The molecule has 0 aliphatic carbocycles. The van der Waals surface area contributed by atoms with Gasteiger partial charge in [-0.05, 0) is 42.3 Å². The molecule has 2 aliphatic rings. The zero-order chi connectivity index (χ0) is 25.4. The van der Waals surface area contributed by atoms with Crippen molar-refractivity contribution in [1.82, 2.24) is 20.9 Å². The zero-order valence-electron chi connectivity index (χ0n) is 19.7. The lowest BCUT2D eigenvalue weighted by Crippen LogP contribution is -2.49. The van der Waals surface area contributed by atoms with E-state index in [0.29, 0.717) is 11.3 Å². The Morgan fingerprint density at radius 2 is 1.86 bits per heavy atom. The average molecular weight is 489 g/mol. The van der Waals surface area contributed by atoms with Crippen LogP contribution in [0, 0.1) is 0 Å².